The third-order valence-electron chi connectivity index (χ3n) is 4.10. The lowest BCUT2D eigenvalue weighted by Crippen LogP contribution is -2.43. The molecule has 0 saturated carbocycles. The van der Waals surface area contributed by atoms with E-state index in [0.717, 1.165) is 16.1 Å². The normalized spacial score (nSPS) is 13.1. The van der Waals surface area contributed by atoms with Gasteiger partial charge in [0.1, 0.15) is 12.3 Å². The van der Waals surface area contributed by atoms with E-state index in [4.69, 9.17) is 4.74 Å². The number of amides is 2. The van der Waals surface area contributed by atoms with Gasteiger partial charge in [0.05, 0.1) is 5.69 Å². The topological polar surface area (TPSA) is 58.6 Å². The molecule has 130 valence electrons. The van der Waals surface area contributed by atoms with Crippen molar-refractivity contribution in [3.8, 4) is 16.2 Å². The van der Waals surface area contributed by atoms with Crippen LogP contribution in [0.2, 0.25) is 0 Å². The molecule has 1 aromatic heterocycles. The molecule has 6 heteroatoms. The van der Waals surface area contributed by atoms with Crippen molar-refractivity contribution in [2.75, 3.05) is 23.4 Å². The van der Waals surface area contributed by atoms with E-state index in [0.29, 0.717) is 11.4 Å². The number of para-hydroxylation sites is 3. The van der Waals surface area contributed by atoms with Crippen LogP contribution in [0, 0.1) is 0 Å². The maximum absolute atomic E-state index is 12.6. The summed E-state index contributed by atoms with van der Waals surface area (Å²) >= 11 is 1.61. The first-order chi connectivity index (χ1) is 12.7. The summed E-state index contributed by atoms with van der Waals surface area (Å²) in [6.07, 6.45) is 0. The third kappa shape index (κ3) is 3.19. The zero-order valence-electron chi connectivity index (χ0n) is 13.8. The smallest absolute Gasteiger partial charge is 0.265 e. The summed E-state index contributed by atoms with van der Waals surface area (Å²) in [6.45, 7) is -0.117. The predicted octanol–water partition coefficient (Wildman–Crippen LogP) is 3.78. The lowest BCUT2D eigenvalue weighted by Gasteiger charge is -2.28. The molecule has 1 N–H and O–H groups in total. The predicted molar refractivity (Wildman–Crippen MR) is 103 cm³/mol. The van der Waals surface area contributed by atoms with Gasteiger partial charge in [-0.25, -0.2) is 0 Å². The molecule has 0 atom stereocenters. The highest BCUT2D eigenvalue weighted by molar-refractivity contribution is 7.13. The Kier molecular flexibility index (Phi) is 4.41. The minimum absolute atomic E-state index is 0.0576. The van der Waals surface area contributed by atoms with E-state index in [1.807, 2.05) is 53.9 Å². The van der Waals surface area contributed by atoms with Crippen molar-refractivity contribution in [3.05, 3.63) is 66.0 Å². The molecular formula is C20H16N2O3S. The number of carbonyl (C=O) groups is 2. The van der Waals surface area contributed by atoms with Crippen LogP contribution in [0.3, 0.4) is 0 Å². The maximum atomic E-state index is 12.6. The number of fused-ring (bicyclic) bond motifs is 1. The molecular weight excluding hydrogens is 348 g/mol. The number of benzene rings is 2. The van der Waals surface area contributed by atoms with E-state index in [-0.39, 0.29) is 25.0 Å². The first kappa shape index (κ1) is 16.4. The Bertz CT molecular complexity index is 953. The number of rotatable bonds is 4. The van der Waals surface area contributed by atoms with Gasteiger partial charge in [0.15, 0.2) is 6.61 Å². The fourth-order valence-corrected chi connectivity index (χ4v) is 3.67. The number of anilines is 2. The summed E-state index contributed by atoms with van der Waals surface area (Å²) in [7, 11) is 0. The maximum Gasteiger partial charge on any atom is 0.265 e. The number of carbonyl (C=O) groups excluding carboxylic acids is 2. The Labute approximate surface area is 154 Å². The van der Waals surface area contributed by atoms with Gasteiger partial charge in [0.25, 0.3) is 5.91 Å². The quantitative estimate of drug-likeness (QED) is 0.766. The van der Waals surface area contributed by atoms with Crippen molar-refractivity contribution in [2.24, 2.45) is 0 Å². The minimum Gasteiger partial charge on any atom is -0.482 e. The van der Waals surface area contributed by atoms with E-state index >= 15 is 0 Å². The SMILES string of the molecule is O=C(CN1C(=O)COc2ccccc21)Nc1ccccc1-c1cccs1. The van der Waals surface area contributed by atoms with E-state index in [2.05, 4.69) is 5.32 Å². The van der Waals surface area contributed by atoms with Crippen molar-refractivity contribution >= 4 is 34.5 Å². The van der Waals surface area contributed by atoms with Gasteiger partial charge in [-0.3, -0.25) is 14.5 Å². The highest BCUT2D eigenvalue weighted by atomic mass is 32.1. The molecule has 0 fully saturated rings. The van der Waals surface area contributed by atoms with Crippen LogP contribution in [0.5, 0.6) is 5.75 Å². The summed E-state index contributed by atoms with van der Waals surface area (Å²) in [4.78, 5) is 27.4. The monoisotopic (exact) mass is 364 g/mol. The summed E-state index contributed by atoms with van der Waals surface area (Å²) < 4.78 is 5.41. The average Bonchev–Trinajstić information content (AvgIpc) is 3.19. The highest BCUT2D eigenvalue weighted by Crippen LogP contribution is 2.33. The number of ether oxygens (including phenoxy) is 1. The van der Waals surface area contributed by atoms with Crippen LogP contribution in [0.4, 0.5) is 11.4 Å². The Balaban J connectivity index is 1.55. The van der Waals surface area contributed by atoms with Gasteiger partial charge in [-0.2, -0.15) is 0 Å². The fourth-order valence-electron chi connectivity index (χ4n) is 2.90. The molecule has 0 radical (unpaired) electrons. The standard InChI is InChI=1S/C20H16N2O3S/c23-19(12-22-16-8-3-4-9-17(16)25-13-20(22)24)21-15-7-2-1-6-14(15)18-10-5-11-26-18/h1-11H,12-13H2,(H,21,23). The van der Waals surface area contributed by atoms with Gasteiger partial charge in [-0.1, -0.05) is 36.4 Å². The number of thiophene rings is 1. The molecule has 1 aliphatic heterocycles. The van der Waals surface area contributed by atoms with Gasteiger partial charge in [-0.15, -0.1) is 11.3 Å². The molecule has 3 aromatic rings. The molecule has 0 spiro atoms. The molecule has 1 aliphatic rings. The number of nitrogens with zero attached hydrogens (tertiary/aromatic N) is 1. The lowest BCUT2D eigenvalue weighted by atomic mass is 10.1. The minimum atomic E-state index is -0.251. The largest absolute Gasteiger partial charge is 0.482 e. The van der Waals surface area contributed by atoms with Crippen LogP contribution in [-0.2, 0) is 9.59 Å². The van der Waals surface area contributed by atoms with Gasteiger partial charge in [0, 0.05) is 16.1 Å². The van der Waals surface area contributed by atoms with E-state index < -0.39 is 0 Å². The van der Waals surface area contributed by atoms with Crippen LogP contribution in [0.25, 0.3) is 10.4 Å². The first-order valence-electron chi connectivity index (χ1n) is 8.17. The van der Waals surface area contributed by atoms with Crippen molar-refractivity contribution < 1.29 is 14.3 Å². The van der Waals surface area contributed by atoms with Gasteiger partial charge in [0.2, 0.25) is 5.91 Å². The molecule has 26 heavy (non-hydrogen) atoms. The Morgan fingerprint density at radius 1 is 1.08 bits per heavy atom. The van der Waals surface area contributed by atoms with Crippen molar-refractivity contribution in [2.45, 2.75) is 0 Å². The average molecular weight is 364 g/mol. The van der Waals surface area contributed by atoms with Crippen LogP contribution < -0.4 is 15.0 Å². The summed E-state index contributed by atoms with van der Waals surface area (Å²) in [5.74, 6) is 0.128. The molecule has 2 aromatic carbocycles. The summed E-state index contributed by atoms with van der Waals surface area (Å²) in [6, 6.07) is 18.9. The molecule has 0 saturated heterocycles. The second-order valence-electron chi connectivity index (χ2n) is 5.81. The van der Waals surface area contributed by atoms with Crippen molar-refractivity contribution in [1.29, 1.82) is 0 Å². The lowest BCUT2D eigenvalue weighted by molar-refractivity contribution is -0.123. The summed E-state index contributed by atoms with van der Waals surface area (Å²) in [5, 5.41) is 4.93. The number of nitrogens with one attached hydrogen (secondary N) is 1. The number of hydrogen-bond donors (Lipinski definition) is 1. The van der Waals surface area contributed by atoms with E-state index in [9.17, 15) is 9.59 Å². The molecule has 0 bridgehead atoms. The second kappa shape index (κ2) is 7.01. The molecule has 2 heterocycles. The third-order valence-corrected chi connectivity index (χ3v) is 5.00. The van der Waals surface area contributed by atoms with Crippen molar-refractivity contribution in [3.63, 3.8) is 0 Å². The Morgan fingerprint density at radius 3 is 2.73 bits per heavy atom. The van der Waals surface area contributed by atoms with Crippen LogP contribution in [-0.4, -0.2) is 25.0 Å². The highest BCUT2D eigenvalue weighted by Gasteiger charge is 2.27. The molecule has 5 nitrogen and oxygen atoms in total. The Hall–Kier alpha value is -3.12. The van der Waals surface area contributed by atoms with Crippen LogP contribution >= 0.6 is 11.3 Å². The van der Waals surface area contributed by atoms with Gasteiger partial charge < -0.3 is 10.1 Å². The van der Waals surface area contributed by atoms with Crippen molar-refractivity contribution in [1.82, 2.24) is 0 Å². The zero-order chi connectivity index (χ0) is 17.9. The fraction of sp³-hybridized carbons (Fsp3) is 0.100. The van der Waals surface area contributed by atoms with Gasteiger partial charge >= 0.3 is 0 Å². The second-order valence-corrected chi connectivity index (χ2v) is 6.76. The van der Waals surface area contributed by atoms with E-state index in [1.165, 1.54) is 4.90 Å². The first-order valence-corrected chi connectivity index (χ1v) is 9.05. The number of hydrogen-bond acceptors (Lipinski definition) is 4. The molecule has 0 unspecified atom stereocenters. The zero-order valence-corrected chi connectivity index (χ0v) is 14.7. The Morgan fingerprint density at radius 2 is 1.88 bits per heavy atom. The molecule has 4 rings (SSSR count). The van der Waals surface area contributed by atoms with Crippen LogP contribution in [0.1, 0.15) is 0 Å². The summed E-state index contributed by atoms with van der Waals surface area (Å²) in [5.41, 5.74) is 2.31. The molecule has 0 aliphatic carbocycles. The van der Waals surface area contributed by atoms with E-state index in [1.54, 1.807) is 23.5 Å². The van der Waals surface area contributed by atoms with Crippen LogP contribution in [0.15, 0.2) is 66.0 Å². The molecule has 2 amide bonds. The van der Waals surface area contributed by atoms with Gasteiger partial charge in [-0.05, 0) is 29.6 Å².